The van der Waals surface area contributed by atoms with Gasteiger partial charge in [-0.2, -0.15) is 8.78 Å². The van der Waals surface area contributed by atoms with Crippen molar-refractivity contribution in [2.24, 2.45) is 5.73 Å². The van der Waals surface area contributed by atoms with Crippen molar-refractivity contribution >= 4 is 0 Å². The zero-order valence-corrected chi connectivity index (χ0v) is 10.7. The molecule has 0 bridgehead atoms. The molecule has 0 spiro atoms. The van der Waals surface area contributed by atoms with E-state index >= 15 is 0 Å². The Bertz CT molecular complexity index is 581. The van der Waals surface area contributed by atoms with Crippen molar-refractivity contribution in [3.63, 3.8) is 0 Å². The molecule has 0 radical (unpaired) electrons. The fourth-order valence-electron chi connectivity index (χ4n) is 1.79. The third-order valence-electron chi connectivity index (χ3n) is 2.65. The van der Waals surface area contributed by atoms with Crippen molar-refractivity contribution in [1.29, 1.82) is 0 Å². The maximum atomic E-state index is 12.4. The Labute approximate surface area is 114 Å². The molecule has 0 fully saturated rings. The summed E-state index contributed by atoms with van der Waals surface area (Å²) in [5.41, 5.74) is 6.79. The smallest absolute Gasteiger partial charge is 0.387 e. The summed E-state index contributed by atoms with van der Waals surface area (Å²) in [5.74, 6) is 0.245. The molecule has 0 aliphatic carbocycles. The minimum Gasteiger partial charge on any atom is -0.480 e. The van der Waals surface area contributed by atoms with Crippen molar-refractivity contribution in [2.75, 3.05) is 7.11 Å². The number of benzene rings is 1. The molecule has 0 saturated carbocycles. The molecule has 2 aromatic rings. The van der Waals surface area contributed by atoms with E-state index in [1.165, 1.54) is 25.6 Å². The number of hydrogen-bond acceptors (Lipinski definition) is 5. The fourth-order valence-corrected chi connectivity index (χ4v) is 1.79. The molecular formula is C13H13F2N3O2. The van der Waals surface area contributed by atoms with Gasteiger partial charge < -0.3 is 15.2 Å². The zero-order valence-electron chi connectivity index (χ0n) is 10.7. The Morgan fingerprint density at radius 3 is 2.55 bits per heavy atom. The summed E-state index contributed by atoms with van der Waals surface area (Å²) in [4.78, 5) is 8.07. The summed E-state index contributed by atoms with van der Waals surface area (Å²) in [5, 5.41) is 0. The third kappa shape index (κ3) is 3.00. The number of aromatic nitrogens is 2. The van der Waals surface area contributed by atoms with E-state index in [2.05, 4.69) is 14.7 Å². The van der Waals surface area contributed by atoms with Crippen LogP contribution in [-0.4, -0.2) is 23.7 Å². The minimum absolute atomic E-state index is 0.00251. The number of ether oxygens (including phenoxy) is 2. The van der Waals surface area contributed by atoms with Crippen LogP contribution in [0.2, 0.25) is 0 Å². The van der Waals surface area contributed by atoms with Crippen LogP contribution in [0.15, 0.2) is 36.7 Å². The lowest BCUT2D eigenvalue weighted by atomic mass is 10.0. The van der Waals surface area contributed by atoms with Gasteiger partial charge >= 0.3 is 6.61 Å². The first-order chi connectivity index (χ1) is 9.63. The minimum atomic E-state index is -2.92. The molecule has 7 heteroatoms. The van der Waals surface area contributed by atoms with Gasteiger partial charge in [0.25, 0.3) is 0 Å². The Morgan fingerprint density at radius 1 is 1.15 bits per heavy atom. The maximum Gasteiger partial charge on any atom is 0.387 e. The van der Waals surface area contributed by atoms with E-state index in [4.69, 9.17) is 10.5 Å². The molecule has 1 aromatic carbocycles. The molecule has 1 aromatic heterocycles. The molecule has 1 heterocycles. The first kappa shape index (κ1) is 14.1. The van der Waals surface area contributed by atoms with Crippen molar-refractivity contribution < 1.29 is 18.3 Å². The second-order valence-corrected chi connectivity index (χ2v) is 3.84. The van der Waals surface area contributed by atoms with Gasteiger partial charge in [0.15, 0.2) is 0 Å². The molecule has 2 N–H and O–H groups in total. The SMILES string of the molecule is COc1nccnc1C(N)c1ccccc1OC(F)F. The van der Waals surface area contributed by atoms with Gasteiger partial charge in [-0.05, 0) is 6.07 Å². The molecule has 0 aliphatic rings. The lowest BCUT2D eigenvalue weighted by molar-refractivity contribution is -0.0505. The topological polar surface area (TPSA) is 70.3 Å². The van der Waals surface area contributed by atoms with Crippen molar-refractivity contribution in [1.82, 2.24) is 9.97 Å². The number of para-hydroxylation sites is 1. The van der Waals surface area contributed by atoms with Crippen LogP contribution in [0.3, 0.4) is 0 Å². The van der Waals surface area contributed by atoms with E-state index in [0.29, 0.717) is 11.3 Å². The molecule has 20 heavy (non-hydrogen) atoms. The predicted octanol–water partition coefficient (Wildman–Crippen LogP) is 2.13. The largest absolute Gasteiger partial charge is 0.480 e. The van der Waals surface area contributed by atoms with E-state index in [0.717, 1.165) is 0 Å². The average Bonchev–Trinajstić information content (AvgIpc) is 2.46. The van der Waals surface area contributed by atoms with Crippen molar-refractivity contribution in [3.05, 3.63) is 47.9 Å². The first-order valence-electron chi connectivity index (χ1n) is 5.77. The Hall–Kier alpha value is -2.28. The number of nitrogens with zero attached hydrogens (tertiary/aromatic N) is 2. The number of hydrogen-bond donors (Lipinski definition) is 1. The van der Waals surface area contributed by atoms with Gasteiger partial charge in [0, 0.05) is 18.0 Å². The van der Waals surface area contributed by atoms with E-state index in [9.17, 15) is 8.78 Å². The predicted molar refractivity (Wildman–Crippen MR) is 67.7 cm³/mol. The number of halogens is 2. The lowest BCUT2D eigenvalue weighted by Gasteiger charge is -2.17. The summed E-state index contributed by atoms with van der Waals surface area (Å²) < 4.78 is 34.3. The molecule has 106 valence electrons. The van der Waals surface area contributed by atoms with E-state index < -0.39 is 12.7 Å². The van der Waals surface area contributed by atoms with Gasteiger partial charge in [0.1, 0.15) is 11.4 Å². The molecule has 2 rings (SSSR count). The second-order valence-electron chi connectivity index (χ2n) is 3.84. The number of methoxy groups -OCH3 is 1. The van der Waals surface area contributed by atoms with Gasteiger partial charge in [-0.1, -0.05) is 18.2 Å². The third-order valence-corrected chi connectivity index (χ3v) is 2.65. The van der Waals surface area contributed by atoms with Crippen LogP contribution in [-0.2, 0) is 0 Å². The Kier molecular flexibility index (Phi) is 4.41. The van der Waals surface area contributed by atoms with Gasteiger partial charge in [-0.25, -0.2) is 4.98 Å². The summed E-state index contributed by atoms with van der Waals surface area (Å²) in [6, 6.07) is 5.49. The summed E-state index contributed by atoms with van der Waals surface area (Å²) in [7, 11) is 1.43. The van der Waals surface area contributed by atoms with Crippen LogP contribution in [0.1, 0.15) is 17.3 Å². The van der Waals surface area contributed by atoms with Crippen LogP contribution in [0.5, 0.6) is 11.6 Å². The molecular weight excluding hydrogens is 268 g/mol. The van der Waals surface area contributed by atoms with Crippen molar-refractivity contribution in [3.8, 4) is 11.6 Å². The van der Waals surface area contributed by atoms with Gasteiger partial charge in [0.05, 0.1) is 13.2 Å². The van der Waals surface area contributed by atoms with Crippen LogP contribution in [0.4, 0.5) is 8.78 Å². The van der Waals surface area contributed by atoms with Crippen LogP contribution in [0, 0.1) is 0 Å². The monoisotopic (exact) mass is 281 g/mol. The number of nitrogens with two attached hydrogens (primary N) is 1. The zero-order chi connectivity index (χ0) is 14.5. The van der Waals surface area contributed by atoms with Crippen LogP contribution in [0.25, 0.3) is 0 Å². The second kappa shape index (κ2) is 6.25. The molecule has 0 amide bonds. The number of rotatable bonds is 5. The Morgan fingerprint density at radius 2 is 1.85 bits per heavy atom. The highest BCUT2D eigenvalue weighted by atomic mass is 19.3. The van der Waals surface area contributed by atoms with Crippen molar-refractivity contribution in [2.45, 2.75) is 12.7 Å². The molecule has 1 atom stereocenters. The van der Waals surface area contributed by atoms with Gasteiger partial charge in [-0.15, -0.1) is 0 Å². The Balaban J connectivity index is 2.40. The molecule has 0 aliphatic heterocycles. The molecule has 5 nitrogen and oxygen atoms in total. The van der Waals surface area contributed by atoms with Gasteiger partial charge in [-0.3, -0.25) is 4.98 Å². The quantitative estimate of drug-likeness (QED) is 0.909. The maximum absolute atomic E-state index is 12.4. The first-order valence-corrected chi connectivity index (χ1v) is 5.77. The fraction of sp³-hybridized carbons (Fsp3) is 0.231. The highest BCUT2D eigenvalue weighted by Crippen LogP contribution is 2.31. The molecule has 0 saturated heterocycles. The summed E-state index contributed by atoms with van der Waals surface area (Å²) in [6.45, 7) is -2.92. The summed E-state index contributed by atoms with van der Waals surface area (Å²) in [6.07, 6.45) is 2.91. The van der Waals surface area contributed by atoms with E-state index in [-0.39, 0.29) is 11.6 Å². The van der Waals surface area contributed by atoms with Crippen LogP contribution < -0.4 is 15.2 Å². The number of alkyl halides is 2. The highest BCUT2D eigenvalue weighted by molar-refractivity contribution is 5.41. The lowest BCUT2D eigenvalue weighted by Crippen LogP contribution is -2.17. The average molecular weight is 281 g/mol. The standard InChI is InChI=1S/C13H13F2N3O2/c1-19-12-11(17-6-7-18-12)10(16)8-4-2-3-5-9(8)20-13(14)15/h2-7,10,13H,16H2,1H3. The van der Waals surface area contributed by atoms with E-state index in [1.54, 1.807) is 18.2 Å². The van der Waals surface area contributed by atoms with E-state index in [1.807, 2.05) is 0 Å². The molecule has 1 unspecified atom stereocenters. The summed E-state index contributed by atoms with van der Waals surface area (Å²) >= 11 is 0. The normalized spacial score (nSPS) is 12.2. The van der Waals surface area contributed by atoms with Crippen LogP contribution >= 0.6 is 0 Å². The highest BCUT2D eigenvalue weighted by Gasteiger charge is 2.21. The van der Waals surface area contributed by atoms with Gasteiger partial charge in [0.2, 0.25) is 5.88 Å².